The van der Waals surface area contributed by atoms with Crippen LogP contribution in [0, 0.1) is 0 Å². The molecule has 3 heterocycles. The van der Waals surface area contributed by atoms with Crippen molar-refractivity contribution in [3.8, 4) is 0 Å². The Hall–Kier alpha value is -2.53. The minimum absolute atomic E-state index is 0.503. The average molecular weight is 296 g/mol. The van der Waals surface area contributed by atoms with E-state index in [-0.39, 0.29) is 0 Å². The zero-order chi connectivity index (χ0) is 14.2. The van der Waals surface area contributed by atoms with Crippen LogP contribution in [0.15, 0.2) is 48.7 Å². The van der Waals surface area contributed by atoms with Crippen molar-refractivity contribution in [1.29, 1.82) is 0 Å². The van der Waals surface area contributed by atoms with Crippen LogP contribution in [-0.4, -0.2) is 24.8 Å². The van der Waals surface area contributed by atoms with Crippen molar-refractivity contribution in [3.05, 3.63) is 65.2 Å². The molecule has 0 spiro atoms. The van der Waals surface area contributed by atoms with Crippen molar-refractivity contribution in [2.75, 3.05) is 0 Å². The molecule has 5 nitrogen and oxygen atoms in total. The fourth-order valence-electron chi connectivity index (χ4n) is 2.34. The molecule has 0 saturated carbocycles. The van der Waals surface area contributed by atoms with Gasteiger partial charge in [-0.05, 0) is 42.0 Å². The van der Waals surface area contributed by atoms with Crippen LogP contribution in [-0.2, 0) is 6.42 Å². The zero-order valence-electron chi connectivity index (χ0n) is 10.9. The molecule has 102 valence electrons. The summed E-state index contributed by atoms with van der Waals surface area (Å²) in [6.07, 6.45) is 2.39. The van der Waals surface area contributed by atoms with Crippen LogP contribution in [0.1, 0.15) is 11.4 Å². The summed E-state index contributed by atoms with van der Waals surface area (Å²) in [5, 5.41) is 14.1. The first-order valence-electron chi connectivity index (χ1n) is 6.50. The van der Waals surface area contributed by atoms with Gasteiger partial charge in [0, 0.05) is 18.0 Å². The van der Waals surface area contributed by atoms with E-state index in [9.17, 15) is 0 Å². The third-order valence-electron chi connectivity index (χ3n) is 3.32. The first-order valence-corrected chi connectivity index (χ1v) is 6.88. The number of hydrogen-bond donors (Lipinski definition) is 0. The molecule has 0 saturated heterocycles. The molecular weight excluding hydrogens is 286 g/mol. The van der Waals surface area contributed by atoms with E-state index in [1.54, 1.807) is 16.8 Å². The number of aromatic nitrogens is 5. The Bertz CT molecular complexity index is 947. The quantitative estimate of drug-likeness (QED) is 0.534. The Morgan fingerprint density at radius 1 is 1.05 bits per heavy atom. The van der Waals surface area contributed by atoms with E-state index >= 15 is 0 Å². The second-order valence-electron chi connectivity index (χ2n) is 4.75. The molecule has 0 unspecified atom stereocenters. The van der Waals surface area contributed by atoms with Crippen LogP contribution >= 0.6 is 11.6 Å². The minimum Gasteiger partial charge on any atom is -0.236 e. The van der Waals surface area contributed by atoms with E-state index in [1.807, 2.05) is 30.3 Å². The molecule has 0 aliphatic carbocycles. The molecule has 6 heteroatoms. The summed E-state index contributed by atoms with van der Waals surface area (Å²) in [5.74, 6) is 0.812. The van der Waals surface area contributed by atoms with Gasteiger partial charge in [-0.1, -0.05) is 17.7 Å². The molecule has 0 fully saturated rings. The second-order valence-corrected chi connectivity index (χ2v) is 5.13. The lowest BCUT2D eigenvalue weighted by molar-refractivity contribution is 0.838. The third-order valence-corrected chi connectivity index (χ3v) is 3.54. The molecule has 0 aliphatic heterocycles. The lowest BCUT2D eigenvalue weighted by Gasteiger charge is -2.03. The van der Waals surface area contributed by atoms with Crippen molar-refractivity contribution in [3.63, 3.8) is 0 Å². The molecule has 0 bridgehead atoms. The predicted molar refractivity (Wildman–Crippen MR) is 80.3 cm³/mol. The van der Waals surface area contributed by atoms with Crippen molar-refractivity contribution >= 4 is 28.2 Å². The topological polar surface area (TPSA) is 56.0 Å². The van der Waals surface area contributed by atoms with Crippen LogP contribution in [0.25, 0.3) is 16.6 Å². The van der Waals surface area contributed by atoms with E-state index in [0.29, 0.717) is 11.6 Å². The number of nitrogens with zero attached hydrogens (tertiary/aromatic N) is 5. The van der Waals surface area contributed by atoms with E-state index in [4.69, 9.17) is 11.6 Å². The molecule has 0 atom stereocenters. The Kier molecular flexibility index (Phi) is 2.79. The number of pyridine rings is 1. The zero-order valence-corrected chi connectivity index (χ0v) is 11.7. The highest BCUT2D eigenvalue weighted by Crippen LogP contribution is 2.18. The van der Waals surface area contributed by atoms with Crippen LogP contribution in [0.5, 0.6) is 0 Å². The molecule has 0 radical (unpaired) electrons. The van der Waals surface area contributed by atoms with E-state index in [2.05, 4.69) is 26.3 Å². The molecule has 0 aliphatic rings. The molecule has 0 amide bonds. The van der Waals surface area contributed by atoms with E-state index in [0.717, 1.165) is 27.9 Å². The van der Waals surface area contributed by atoms with Crippen molar-refractivity contribution < 1.29 is 0 Å². The van der Waals surface area contributed by atoms with Gasteiger partial charge in [-0.2, -0.15) is 9.61 Å². The summed E-state index contributed by atoms with van der Waals surface area (Å²) in [7, 11) is 0. The largest absolute Gasteiger partial charge is 0.236 e. The smallest absolute Gasteiger partial charge is 0.177 e. The Balaban J connectivity index is 1.75. The van der Waals surface area contributed by atoms with Gasteiger partial charge < -0.3 is 0 Å². The number of fused-ring (bicyclic) bond motifs is 2. The van der Waals surface area contributed by atoms with E-state index < -0.39 is 0 Å². The highest BCUT2D eigenvalue weighted by atomic mass is 35.5. The highest BCUT2D eigenvalue weighted by Gasteiger charge is 2.07. The average Bonchev–Trinajstić information content (AvgIpc) is 2.91. The second kappa shape index (κ2) is 4.79. The first-order chi connectivity index (χ1) is 10.3. The number of benzene rings is 1. The van der Waals surface area contributed by atoms with Crippen molar-refractivity contribution in [1.82, 2.24) is 24.8 Å². The van der Waals surface area contributed by atoms with Crippen LogP contribution in [0.3, 0.4) is 0 Å². The predicted octanol–water partition coefficient (Wildman–Crippen LogP) is 2.92. The number of hydrogen-bond acceptors (Lipinski definition) is 4. The summed E-state index contributed by atoms with van der Waals surface area (Å²) >= 11 is 5.90. The van der Waals surface area contributed by atoms with Gasteiger partial charge in [0.1, 0.15) is 5.15 Å². The van der Waals surface area contributed by atoms with Gasteiger partial charge in [0.2, 0.25) is 0 Å². The fraction of sp³-hybridized carbons (Fsp3) is 0.0667. The molecule has 0 N–H and O–H groups in total. The van der Waals surface area contributed by atoms with Gasteiger partial charge in [0.25, 0.3) is 0 Å². The highest BCUT2D eigenvalue weighted by molar-refractivity contribution is 6.29. The van der Waals surface area contributed by atoms with Gasteiger partial charge in [-0.25, -0.2) is 4.98 Å². The lowest BCUT2D eigenvalue weighted by atomic mass is 10.1. The van der Waals surface area contributed by atoms with Gasteiger partial charge >= 0.3 is 0 Å². The Labute approximate surface area is 125 Å². The maximum atomic E-state index is 5.90. The maximum Gasteiger partial charge on any atom is 0.177 e. The van der Waals surface area contributed by atoms with Gasteiger partial charge in [0.15, 0.2) is 11.5 Å². The fourth-order valence-corrected chi connectivity index (χ4v) is 2.50. The van der Waals surface area contributed by atoms with Crippen LogP contribution in [0.2, 0.25) is 5.15 Å². The monoisotopic (exact) mass is 295 g/mol. The Morgan fingerprint density at radius 2 is 2.00 bits per heavy atom. The number of rotatable bonds is 2. The molecular formula is C15H10ClN5. The summed E-state index contributed by atoms with van der Waals surface area (Å²) < 4.78 is 1.75. The first kappa shape index (κ1) is 12.2. The third kappa shape index (κ3) is 2.21. The summed E-state index contributed by atoms with van der Waals surface area (Å²) in [5.41, 5.74) is 2.77. The SMILES string of the molecule is Clc1ccc2cc(Cc3nnc4cccnn34)ccc2n1. The Morgan fingerprint density at radius 3 is 2.95 bits per heavy atom. The van der Waals surface area contributed by atoms with Crippen molar-refractivity contribution in [2.45, 2.75) is 6.42 Å². The van der Waals surface area contributed by atoms with Gasteiger partial charge in [-0.15, -0.1) is 10.2 Å². The van der Waals surface area contributed by atoms with Gasteiger partial charge in [-0.3, -0.25) is 0 Å². The van der Waals surface area contributed by atoms with Gasteiger partial charge in [0.05, 0.1) is 5.52 Å². The molecule has 1 aromatic carbocycles. The maximum absolute atomic E-state index is 5.90. The van der Waals surface area contributed by atoms with E-state index in [1.165, 1.54) is 0 Å². The summed E-state index contributed by atoms with van der Waals surface area (Å²) in [4.78, 5) is 4.28. The summed E-state index contributed by atoms with van der Waals surface area (Å²) in [6.45, 7) is 0. The number of halogens is 1. The molecule has 3 aromatic heterocycles. The summed E-state index contributed by atoms with van der Waals surface area (Å²) in [6, 6.07) is 13.6. The standard InChI is InChI=1S/C15H10ClN5/c16-13-6-4-11-8-10(3-5-12(11)18-13)9-15-20-19-14-2-1-7-17-21(14)15/h1-8H,9H2. The minimum atomic E-state index is 0.503. The molecule has 4 aromatic rings. The van der Waals surface area contributed by atoms with Crippen molar-refractivity contribution in [2.24, 2.45) is 0 Å². The van der Waals surface area contributed by atoms with Crippen LogP contribution < -0.4 is 0 Å². The molecule has 21 heavy (non-hydrogen) atoms. The van der Waals surface area contributed by atoms with Crippen LogP contribution in [0.4, 0.5) is 0 Å². The molecule has 4 rings (SSSR count). The lowest BCUT2D eigenvalue weighted by Crippen LogP contribution is -1.99. The normalized spacial score (nSPS) is 11.3.